The van der Waals surface area contributed by atoms with E-state index < -0.39 is 0 Å². The van der Waals surface area contributed by atoms with E-state index in [0.29, 0.717) is 19.1 Å². The summed E-state index contributed by atoms with van der Waals surface area (Å²) in [6.45, 7) is 7.15. The normalized spacial score (nSPS) is 34.6. The van der Waals surface area contributed by atoms with Gasteiger partial charge in [0.2, 0.25) is 0 Å². The van der Waals surface area contributed by atoms with E-state index in [4.69, 9.17) is 4.74 Å². The Morgan fingerprint density at radius 2 is 1.86 bits per heavy atom. The summed E-state index contributed by atoms with van der Waals surface area (Å²) in [7, 11) is 0. The molecule has 0 aromatic carbocycles. The number of ether oxygens (including phenoxy) is 1. The summed E-state index contributed by atoms with van der Waals surface area (Å²) in [5.41, 5.74) is 0.0626. The lowest BCUT2D eigenvalue weighted by Crippen LogP contribution is -2.60. The molecule has 2 unspecified atom stereocenters. The van der Waals surface area contributed by atoms with E-state index >= 15 is 0 Å². The Morgan fingerprint density at radius 1 is 1.10 bits per heavy atom. The molecule has 3 heterocycles. The highest BCUT2D eigenvalue weighted by molar-refractivity contribution is 5.71. The molecule has 3 aliphatic heterocycles. The van der Waals surface area contributed by atoms with E-state index in [9.17, 15) is 4.79 Å². The van der Waals surface area contributed by atoms with Crippen LogP contribution in [-0.2, 0) is 9.53 Å². The van der Waals surface area contributed by atoms with Crippen LogP contribution in [0.25, 0.3) is 0 Å². The molecule has 21 heavy (non-hydrogen) atoms. The minimum atomic E-state index is 0.00972. The molecule has 2 atom stereocenters. The zero-order valence-corrected chi connectivity index (χ0v) is 13.5. The second-order valence-corrected chi connectivity index (χ2v) is 6.93. The fraction of sp³-hybridized carbons (Fsp3) is 0.941. The summed E-state index contributed by atoms with van der Waals surface area (Å²) in [5, 5.41) is 0. The third kappa shape index (κ3) is 2.98. The number of carbonyl (C=O) groups excluding carboxylic acids is 1. The molecule has 120 valence electrons. The Bertz CT molecular complexity index is 368. The van der Waals surface area contributed by atoms with Crippen molar-refractivity contribution < 1.29 is 9.53 Å². The Hall–Kier alpha value is -0.610. The van der Waals surface area contributed by atoms with Crippen molar-refractivity contribution in [1.29, 1.82) is 0 Å². The Morgan fingerprint density at radius 3 is 2.62 bits per heavy atom. The number of esters is 1. The number of likely N-dealkylation sites (tertiary alicyclic amines) is 1. The van der Waals surface area contributed by atoms with Crippen LogP contribution in [0.4, 0.5) is 0 Å². The van der Waals surface area contributed by atoms with Crippen molar-refractivity contribution in [3.05, 3.63) is 0 Å². The first-order chi connectivity index (χ1) is 10.3. The molecule has 3 saturated heterocycles. The van der Waals surface area contributed by atoms with Gasteiger partial charge in [-0.2, -0.15) is 0 Å². The number of hydrogen-bond acceptors (Lipinski definition) is 4. The molecule has 0 radical (unpaired) electrons. The van der Waals surface area contributed by atoms with Gasteiger partial charge < -0.3 is 4.74 Å². The van der Waals surface area contributed by atoms with Gasteiger partial charge in [-0.05, 0) is 58.7 Å². The smallest absolute Gasteiger partial charge is 0.307 e. The molecule has 0 bridgehead atoms. The summed E-state index contributed by atoms with van der Waals surface area (Å²) in [5.74, 6) is 0.00972. The van der Waals surface area contributed by atoms with E-state index in [-0.39, 0.29) is 11.5 Å². The molecule has 0 aliphatic carbocycles. The van der Waals surface area contributed by atoms with Gasteiger partial charge in [0.15, 0.2) is 0 Å². The highest BCUT2D eigenvalue weighted by Gasteiger charge is 2.52. The van der Waals surface area contributed by atoms with Gasteiger partial charge in [-0.15, -0.1) is 0 Å². The quantitative estimate of drug-likeness (QED) is 0.746. The molecule has 4 nitrogen and oxygen atoms in total. The van der Waals surface area contributed by atoms with Crippen molar-refractivity contribution in [2.24, 2.45) is 0 Å². The molecular weight excluding hydrogens is 264 g/mol. The van der Waals surface area contributed by atoms with E-state index in [1.54, 1.807) is 0 Å². The van der Waals surface area contributed by atoms with Crippen LogP contribution < -0.4 is 0 Å². The average molecular weight is 294 g/mol. The lowest BCUT2D eigenvalue weighted by molar-refractivity contribution is -0.148. The molecule has 0 amide bonds. The minimum Gasteiger partial charge on any atom is -0.466 e. The minimum absolute atomic E-state index is 0.00972. The highest BCUT2D eigenvalue weighted by Crippen LogP contribution is 2.43. The summed E-state index contributed by atoms with van der Waals surface area (Å²) < 4.78 is 5.32. The maximum absolute atomic E-state index is 12.3. The highest BCUT2D eigenvalue weighted by atomic mass is 16.5. The molecule has 0 saturated carbocycles. The average Bonchev–Trinajstić information content (AvgIpc) is 2.89. The number of carbonyl (C=O) groups is 1. The van der Waals surface area contributed by atoms with Crippen molar-refractivity contribution in [3.8, 4) is 0 Å². The molecule has 0 spiro atoms. The number of rotatable bonds is 4. The van der Waals surface area contributed by atoms with Crippen molar-refractivity contribution in [3.63, 3.8) is 0 Å². The molecule has 0 N–H and O–H groups in total. The van der Waals surface area contributed by atoms with E-state index in [0.717, 1.165) is 6.42 Å². The second kappa shape index (κ2) is 6.66. The van der Waals surface area contributed by atoms with E-state index in [1.165, 1.54) is 64.7 Å². The Kier molecular flexibility index (Phi) is 4.85. The van der Waals surface area contributed by atoms with Crippen LogP contribution in [0.5, 0.6) is 0 Å². The molecule has 3 rings (SSSR count). The summed E-state index contributed by atoms with van der Waals surface area (Å²) >= 11 is 0. The van der Waals surface area contributed by atoms with Crippen LogP contribution in [0.15, 0.2) is 0 Å². The largest absolute Gasteiger partial charge is 0.466 e. The number of hydrogen-bond donors (Lipinski definition) is 0. The molecule has 3 fully saturated rings. The van der Waals surface area contributed by atoms with Crippen molar-refractivity contribution in [2.75, 3.05) is 32.8 Å². The third-order valence-corrected chi connectivity index (χ3v) is 5.81. The lowest BCUT2D eigenvalue weighted by atomic mass is 9.80. The first kappa shape index (κ1) is 15.3. The number of nitrogens with zero attached hydrogens (tertiary/aromatic N) is 2. The lowest BCUT2D eigenvalue weighted by Gasteiger charge is -2.49. The van der Waals surface area contributed by atoms with Gasteiger partial charge in [0.25, 0.3) is 0 Å². The number of fused-ring (bicyclic) bond motifs is 1. The first-order valence-electron chi connectivity index (χ1n) is 8.91. The van der Waals surface area contributed by atoms with Gasteiger partial charge in [-0.3, -0.25) is 14.6 Å². The standard InChI is InChI=1S/C17H30N2O2/c1-2-21-16(20)14-17(19-11-5-3-6-12-19)9-13-18-10-7-4-8-15(17)18/h15H,2-14H2,1H3. The molecule has 4 heteroatoms. The van der Waals surface area contributed by atoms with Gasteiger partial charge in [0.05, 0.1) is 13.0 Å². The van der Waals surface area contributed by atoms with Crippen molar-refractivity contribution in [1.82, 2.24) is 9.80 Å². The zero-order valence-electron chi connectivity index (χ0n) is 13.5. The topological polar surface area (TPSA) is 32.8 Å². The maximum Gasteiger partial charge on any atom is 0.307 e. The predicted molar refractivity (Wildman–Crippen MR) is 83.2 cm³/mol. The Balaban J connectivity index is 1.81. The maximum atomic E-state index is 12.3. The third-order valence-electron chi connectivity index (χ3n) is 5.81. The summed E-state index contributed by atoms with van der Waals surface area (Å²) in [4.78, 5) is 17.6. The SMILES string of the molecule is CCOC(=O)CC1(N2CCCCC2)CCN2CCCCC21. The van der Waals surface area contributed by atoms with Gasteiger partial charge in [-0.25, -0.2) is 0 Å². The van der Waals surface area contributed by atoms with Crippen LogP contribution in [-0.4, -0.2) is 60.1 Å². The van der Waals surface area contributed by atoms with Crippen molar-refractivity contribution >= 4 is 5.97 Å². The fourth-order valence-electron chi connectivity index (χ4n) is 4.86. The van der Waals surface area contributed by atoms with Crippen LogP contribution in [0, 0.1) is 0 Å². The van der Waals surface area contributed by atoms with E-state index in [2.05, 4.69) is 9.80 Å². The van der Waals surface area contributed by atoms with Gasteiger partial charge in [0.1, 0.15) is 0 Å². The molecule has 3 aliphatic rings. The van der Waals surface area contributed by atoms with E-state index in [1.807, 2.05) is 6.92 Å². The van der Waals surface area contributed by atoms with Crippen LogP contribution >= 0.6 is 0 Å². The van der Waals surface area contributed by atoms with Crippen LogP contribution in [0.1, 0.15) is 58.3 Å². The van der Waals surface area contributed by atoms with Gasteiger partial charge >= 0.3 is 5.97 Å². The van der Waals surface area contributed by atoms with Crippen molar-refractivity contribution in [2.45, 2.75) is 69.9 Å². The fourth-order valence-corrected chi connectivity index (χ4v) is 4.86. The van der Waals surface area contributed by atoms with Crippen LogP contribution in [0.2, 0.25) is 0 Å². The monoisotopic (exact) mass is 294 g/mol. The number of piperidine rings is 2. The summed E-state index contributed by atoms with van der Waals surface area (Å²) in [6.07, 6.45) is 9.58. The molecule has 0 aromatic rings. The van der Waals surface area contributed by atoms with Gasteiger partial charge in [-0.1, -0.05) is 12.8 Å². The molecule has 0 aromatic heterocycles. The Labute approximate surface area is 128 Å². The van der Waals surface area contributed by atoms with Gasteiger partial charge in [0, 0.05) is 18.1 Å². The zero-order chi connectivity index (χ0) is 14.7. The predicted octanol–water partition coefficient (Wildman–Crippen LogP) is 2.42. The van der Waals surface area contributed by atoms with Crippen LogP contribution in [0.3, 0.4) is 0 Å². The first-order valence-corrected chi connectivity index (χ1v) is 8.91. The molecular formula is C17H30N2O2. The second-order valence-electron chi connectivity index (χ2n) is 6.93. The summed E-state index contributed by atoms with van der Waals surface area (Å²) in [6, 6.07) is 0.578.